The van der Waals surface area contributed by atoms with E-state index in [0.717, 1.165) is 5.01 Å². The minimum atomic E-state index is -0.163. The number of nitrogens with one attached hydrogen (secondary N) is 1. The summed E-state index contributed by atoms with van der Waals surface area (Å²) in [7, 11) is 0. The second-order valence-corrected chi connectivity index (χ2v) is 5.83. The third-order valence-electron chi connectivity index (χ3n) is 2.71. The SMILES string of the molecule is CC(C)c1ncc(C(=O)Nc2ccc(OCCO)cc2)s1. The molecule has 0 aliphatic rings. The van der Waals surface area contributed by atoms with Gasteiger partial charge >= 0.3 is 0 Å². The molecule has 0 atom stereocenters. The topological polar surface area (TPSA) is 71.5 Å². The van der Waals surface area contributed by atoms with E-state index in [9.17, 15) is 4.79 Å². The molecule has 6 heteroatoms. The van der Waals surface area contributed by atoms with Crippen molar-refractivity contribution < 1.29 is 14.6 Å². The molecule has 0 radical (unpaired) electrons. The van der Waals surface area contributed by atoms with Crippen LogP contribution in [0.25, 0.3) is 0 Å². The number of carbonyl (C=O) groups excluding carboxylic acids is 1. The lowest BCUT2D eigenvalue weighted by Gasteiger charge is -2.06. The molecule has 2 aromatic rings. The zero-order chi connectivity index (χ0) is 15.2. The van der Waals surface area contributed by atoms with E-state index in [1.807, 2.05) is 13.8 Å². The van der Waals surface area contributed by atoms with E-state index < -0.39 is 0 Å². The van der Waals surface area contributed by atoms with Gasteiger partial charge in [-0.3, -0.25) is 4.79 Å². The van der Waals surface area contributed by atoms with Gasteiger partial charge < -0.3 is 15.2 Å². The van der Waals surface area contributed by atoms with E-state index in [4.69, 9.17) is 9.84 Å². The van der Waals surface area contributed by atoms with Crippen LogP contribution in [0.5, 0.6) is 5.75 Å². The van der Waals surface area contributed by atoms with E-state index >= 15 is 0 Å². The van der Waals surface area contributed by atoms with Crippen LogP contribution in [0.3, 0.4) is 0 Å². The summed E-state index contributed by atoms with van der Waals surface area (Å²) in [5.74, 6) is 0.810. The number of hydrogen-bond acceptors (Lipinski definition) is 5. The Balaban J connectivity index is 1.98. The van der Waals surface area contributed by atoms with Crippen molar-refractivity contribution in [1.82, 2.24) is 4.98 Å². The zero-order valence-corrected chi connectivity index (χ0v) is 12.8. The van der Waals surface area contributed by atoms with Gasteiger partial charge in [0.15, 0.2) is 0 Å². The lowest BCUT2D eigenvalue weighted by Crippen LogP contribution is -2.10. The van der Waals surface area contributed by atoms with Crippen LogP contribution in [0.1, 0.15) is 34.4 Å². The average Bonchev–Trinajstić information content (AvgIpc) is 2.97. The third kappa shape index (κ3) is 4.27. The highest BCUT2D eigenvalue weighted by Gasteiger charge is 2.12. The Morgan fingerprint density at radius 2 is 2.10 bits per heavy atom. The number of aliphatic hydroxyl groups is 1. The van der Waals surface area contributed by atoms with Crippen molar-refractivity contribution in [3.05, 3.63) is 40.3 Å². The first kappa shape index (κ1) is 15.5. The molecule has 0 bridgehead atoms. The fraction of sp³-hybridized carbons (Fsp3) is 0.333. The molecule has 1 aromatic heterocycles. The molecule has 2 N–H and O–H groups in total. The highest BCUT2D eigenvalue weighted by Crippen LogP contribution is 2.22. The van der Waals surface area contributed by atoms with Crippen LogP contribution in [0.15, 0.2) is 30.5 Å². The average molecular weight is 306 g/mol. The number of amides is 1. The largest absolute Gasteiger partial charge is 0.491 e. The molecule has 0 fully saturated rings. The van der Waals surface area contributed by atoms with Crippen LogP contribution >= 0.6 is 11.3 Å². The number of hydrogen-bond donors (Lipinski definition) is 2. The van der Waals surface area contributed by atoms with Gasteiger partial charge in [-0.25, -0.2) is 4.98 Å². The van der Waals surface area contributed by atoms with E-state index in [2.05, 4.69) is 10.3 Å². The smallest absolute Gasteiger partial charge is 0.267 e. The second kappa shape index (κ2) is 7.19. The molecule has 2 rings (SSSR count). The fourth-order valence-corrected chi connectivity index (χ4v) is 2.47. The van der Waals surface area contributed by atoms with E-state index in [-0.39, 0.29) is 19.1 Å². The van der Waals surface area contributed by atoms with Crippen LogP contribution in [-0.4, -0.2) is 29.2 Å². The van der Waals surface area contributed by atoms with Crippen LogP contribution in [0.2, 0.25) is 0 Å². The number of carbonyl (C=O) groups is 1. The lowest BCUT2D eigenvalue weighted by molar-refractivity contribution is 0.103. The van der Waals surface area contributed by atoms with Crippen molar-refractivity contribution >= 4 is 22.9 Å². The number of thiazole rings is 1. The Hall–Kier alpha value is -1.92. The Morgan fingerprint density at radius 1 is 1.38 bits per heavy atom. The summed E-state index contributed by atoms with van der Waals surface area (Å²) in [5, 5.41) is 12.5. The van der Waals surface area contributed by atoms with Crippen molar-refractivity contribution in [2.75, 3.05) is 18.5 Å². The minimum absolute atomic E-state index is 0.0257. The summed E-state index contributed by atoms with van der Waals surface area (Å²) in [4.78, 5) is 16.9. The first-order valence-corrected chi connectivity index (χ1v) is 7.52. The Kier molecular flexibility index (Phi) is 5.30. The quantitative estimate of drug-likeness (QED) is 0.861. The molecule has 0 saturated carbocycles. The molecule has 0 aliphatic heterocycles. The monoisotopic (exact) mass is 306 g/mol. The summed E-state index contributed by atoms with van der Waals surface area (Å²) < 4.78 is 5.26. The molecule has 0 unspecified atom stereocenters. The normalized spacial score (nSPS) is 10.7. The van der Waals surface area contributed by atoms with Gasteiger partial charge in [0.1, 0.15) is 17.2 Å². The van der Waals surface area contributed by atoms with Crippen molar-refractivity contribution in [3.8, 4) is 5.75 Å². The Bertz CT molecular complexity index is 593. The van der Waals surface area contributed by atoms with Crippen LogP contribution in [0, 0.1) is 0 Å². The minimum Gasteiger partial charge on any atom is -0.491 e. The van der Waals surface area contributed by atoms with Gasteiger partial charge in [0.25, 0.3) is 5.91 Å². The number of aliphatic hydroxyl groups excluding tert-OH is 1. The van der Waals surface area contributed by atoms with Crippen LogP contribution < -0.4 is 10.1 Å². The molecule has 0 spiro atoms. The van der Waals surface area contributed by atoms with Gasteiger partial charge in [-0.05, 0) is 24.3 Å². The molecule has 0 aliphatic carbocycles. The number of aromatic nitrogens is 1. The Morgan fingerprint density at radius 3 is 2.67 bits per heavy atom. The molecule has 112 valence electrons. The number of ether oxygens (including phenoxy) is 1. The zero-order valence-electron chi connectivity index (χ0n) is 12.0. The fourth-order valence-electron chi connectivity index (χ4n) is 1.65. The predicted octanol–water partition coefficient (Wildman–Crippen LogP) is 2.89. The van der Waals surface area contributed by atoms with Crippen molar-refractivity contribution in [2.45, 2.75) is 19.8 Å². The highest BCUT2D eigenvalue weighted by molar-refractivity contribution is 7.13. The molecule has 1 aromatic carbocycles. The summed E-state index contributed by atoms with van der Waals surface area (Å²) in [6.45, 7) is 4.32. The molecular formula is C15H18N2O3S. The van der Waals surface area contributed by atoms with E-state index in [0.29, 0.717) is 22.2 Å². The third-order valence-corrected chi connectivity index (χ3v) is 4.01. The van der Waals surface area contributed by atoms with Gasteiger partial charge in [-0.15, -0.1) is 11.3 Å². The summed E-state index contributed by atoms with van der Waals surface area (Å²) in [5.41, 5.74) is 0.691. The number of benzene rings is 1. The van der Waals surface area contributed by atoms with Crippen LogP contribution in [-0.2, 0) is 0 Å². The van der Waals surface area contributed by atoms with Gasteiger partial charge in [-0.1, -0.05) is 13.8 Å². The molecular weight excluding hydrogens is 288 g/mol. The first-order valence-electron chi connectivity index (χ1n) is 6.71. The van der Waals surface area contributed by atoms with Crippen LogP contribution in [0.4, 0.5) is 5.69 Å². The van der Waals surface area contributed by atoms with E-state index in [1.165, 1.54) is 11.3 Å². The molecule has 1 amide bonds. The van der Waals surface area contributed by atoms with Gasteiger partial charge in [-0.2, -0.15) is 0 Å². The number of nitrogens with zero attached hydrogens (tertiary/aromatic N) is 1. The van der Waals surface area contributed by atoms with Gasteiger partial charge in [0.2, 0.25) is 0 Å². The predicted molar refractivity (Wildman–Crippen MR) is 83.2 cm³/mol. The summed E-state index contributed by atoms with van der Waals surface area (Å²) >= 11 is 1.41. The number of anilines is 1. The molecule has 0 saturated heterocycles. The second-order valence-electron chi connectivity index (χ2n) is 4.77. The van der Waals surface area contributed by atoms with Gasteiger partial charge in [0.05, 0.1) is 17.8 Å². The van der Waals surface area contributed by atoms with Crippen molar-refractivity contribution in [1.29, 1.82) is 0 Å². The maximum absolute atomic E-state index is 12.1. The first-order chi connectivity index (χ1) is 10.1. The maximum atomic E-state index is 12.1. The molecule has 5 nitrogen and oxygen atoms in total. The lowest BCUT2D eigenvalue weighted by atomic mass is 10.2. The summed E-state index contributed by atoms with van der Waals surface area (Å²) in [6, 6.07) is 7.01. The Labute approximate surface area is 127 Å². The highest BCUT2D eigenvalue weighted by atomic mass is 32.1. The standard InChI is InChI=1S/C15H18N2O3S/c1-10(2)15-16-9-13(21-15)14(19)17-11-3-5-12(6-4-11)20-8-7-18/h3-6,9-10,18H,7-8H2,1-2H3,(H,17,19). The van der Waals surface area contributed by atoms with Gasteiger partial charge in [0, 0.05) is 11.6 Å². The molecule has 21 heavy (non-hydrogen) atoms. The number of rotatable bonds is 6. The van der Waals surface area contributed by atoms with Crippen molar-refractivity contribution in [3.63, 3.8) is 0 Å². The summed E-state index contributed by atoms with van der Waals surface area (Å²) in [6.07, 6.45) is 1.61. The maximum Gasteiger partial charge on any atom is 0.267 e. The molecule has 1 heterocycles. The van der Waals surface area contributed by atoms with Crippen molar-refractivity contribution in [2.24, 2.45) is 0 Å². The van der Waals surface area contributed by atoms with E-state index in [1.54, 1.807) is 30.5 Å².